The number of amides is 2. The molecule has 1 saturated carbocycles. The summed E-state index contributed by atoms with van der Waals surface area (Å²) >= 11 is 2.89. The van der Waals surface area contributed by atoms with Crippen LogP contribution in [0.4, 0.5) is 5.13 Å². The summed E-state index contributed by atoms with van der Waals surface area (Å²) < 4.78 is 5.68. The number of hydrogen-bond donors (Lipinski definition) is 1. The lowest BCUT2D eigenvalue weighted by Crippen LogP contribution is -2.49. The van der Waals surface area contributed by atoms with Crippen LogP contribution < -0.4 is 10.2 Å². The summed E-state index contributed by atoms with van der Waals surface area (Å²) in [6, 6.07) is 0. The van der Waals surface area contributed by atoms with Gasteiger partial charge in [-0.25, -0.2) is 0 Å². The third-order valence-corrected chi connectivity index (χ3v) is 6.26. The van der Waals surface area contributed by atoms with Crippen molar-refractivity contribution in [2.75, 3.05) is 57.1 Å². The van der Waals surface area contributed by atoms with E-state index in [-0.39, 0.29) is 11.8 Å². The molecule has 10 heteroatoms. The highest BCUT2D eigenvalue weighted by molar-refractivity contribution is 8.01. The van der Waals surface area contributed by atoms with Gasteiger partial charge in [-0.05, 0) is 12.8 Å². The molecular formula is C15H23N5O3S2. The van der Waals surface area contributed by atoms with Crippen molar-refractivity contribution in [2.45, 2.75) is 17.2 Å². The van der Waals surface area contributed by atoms with E-state index in [0.29, 0.717) is 24.8 Å². The number of carbonyl (C=O) groups is 2. The van der Waals surface area contributed by atoms with E-state index in [1.807, 2.05) is 4.90 Å². The van der Waals surface area contributed by atoms with Gasteiger partial charge in [0, 0.05) is 45.8 Å². The molecule has 0 unspecified atom stereocenters. The lowest BCUT2D eigenvalue weighted by Gasteiger charge is -2.34. The first-order chi connectivity index (χ1) is 12.2. The molecule has 25 heavy (non-hydrogen) atoms. The molecule has 3 rings (SSSR count). The highest BCUT2D eigenvalue weighted by Gasteiger charge is 2.34. The van der Waals surface area contributed by atoms with Crippen LogP contribution in [-0.4, -0.2) is 79.1 Å². The minimum atomic E-state index is -0.0361. The van der Waals surface area contributed by atoms with Crippen molar-refractivity contribution in [1.82, 2.24) is 20.4 Å². The van der Waals surface area contributed by atoms with Crippen molar-refractivity contribution >= 4 is 40.0 Å². The summed E-state index contributed by atoms with van der Waals surface area (Å²) in [5, 5.41) is 12.0. The number of nitrogens with zero attached hydrogens (tertiary/aromatic N) is 4. The van der Waals surface area contributed by atoms with E-state index in [9.17, 15) is 9.59 Å². The van der Waals surface area contributed by atoms with Crippen molar-refractivity contribution in [2.24, 2.45) is 5.92 Å². The third-order valence-electron chi connectivity index (χ3n) is 4.14. The van der Waals surface area contributed by atoms with E-state index in [1.165, 1.54) is 23.1 Å². The molecule has 1 N–H and O–H groups in total. The SMILES string of the molecule is COCCNC(=O)CSc1nnc(N2CCN(C(=O)C3CC3)CC2)s1. The Hall–Kier alpha value is -1.39. The average Bonchev–Trinajstić information content (AvgIpc) is 3.38. The monoisotopic (exact) mass is 385 g/mol. The highest BCUT2D eigenvalue weighted by atomic mass is 32.2. The van der Waals surface area contributed by atoms with Gasteiger partial charge in [0.25, 0.3) is 0 Å². The van der Waals surface area contributed by atoms with Gasteiger partial charge in [0.1, 0.15) is 0 Å². The molecular weight excluding hydrogens is 362 g/mol. The highest BCUT2D eigenvalue weighted by Crippen LogP contribution is 2.32. The molecule has 1 aliphatic heterocycles. The maximum absolute atomic E-state index is 12.1. The van der Waals surface area contributed by atoms with Crippen molar-refractivity contribution in [3.8, 4) is 0 Å². The Bertz CT molecular complexity index is 600. The van der Waals surface area contributed by atoms with Crippen LogP contribution in [0.5, 0.6) is 0 Å². The van der Waals surface area contributed by atoms with Crippen molar-refractivity contribution in [1.29, 1.82) is 0 Å². The maximum Gasteiger partial charge on any atom is 0.230 e. The van der Waals surface area contributed by atoms with Crippen LogP contribution >= 0.6 is 23.1 Å². The summed E-state index contributed by atoms with van der Waals surface area (Å²) in [7, 11) is 1.60. The van der Waals surface area contributed by atoms with E-state index in [0.717, 1.165) is 48.5 Å². The molecule has 0 atom stereocenters. The normalized spacial score (nSPS) is 17.6. The zero-order valence-electron chi connectivity index (χ0n) is 14.3. The van der Waals surface area contributed by atoms with Crippen molar-refractivity contribution < 1.29 is 14.3 Å². The number of hydrogen-bond acceptors (Lipinski definition) is 8. The third kappa shape index (κ3) is 5.29. The summed E-state index contributed by atoms with van der Waals surface area (Å²) in [6.07, 6.45) is 2.10. The number of nitrogens with one attached hydrogen (secondary N) is 1. The predicted octanol–water partition coefficient (Wildman–Crippen LogP) is 0.451. The fourth-order valence-electron chi connectivity index (χ4n) is 2.57. The number of rotatable bonds is 8. The number of piperazine rings is 1. The topological polar surface area (TPSA) is 87.7 Å². The van der Waals surface area contributed by atoms with E-state index in [4.69, 9.17) is 4.74 Å². The molecule has 0 bridgehead atoms. The van der Waals surface area contributed by atoms with Gasteiger partial charge in [0.2, 0.25) is 16.9 Å². The molecule has 1 saturated heterocycles. The van der Waals surface area contributed by atoms with Gasteiger partial charge in [0.15, 0.2) is 4.34 Å². The maximum atomic E-state index is 12.1. The number of ether oxygens (including phenoxy) is 1. The molecule has 2 fully saturated rings. The summed E-state index contributed by atoms with van der Waals surface area (Å²) in [5.74, 6) is 0.881. The first-order valence-corrected chi connectivity index (χ1v) is 10.2. The van der Waals surface area contributed by atoms with Gasteiger partial charge in [-0.2, -0.15) is 0 Å². The number of aromatic nitrogens is 2. The Balaban J connectivity index is 1.41. The molecule has 2 amide bonds. The van der Waals surface area contributed by atoms with Gasteiger partial charge in [0.05, 0.1) is 12.4 Å². The summed E-state index contributed by atoms with van der Waals surface area (Å²) in [4.78, 5) is 27.9. The summed E-state index contributed by atoms with van der Waals surface area (Å²) in [5.41, 5.74) is 0. The molecule has 0 aromatic carbocycles. The van der Waals surface area contributed by atoms with E-state index < -0.39 is 0 Å². The van der Waals surface area contributed by atoms with Gasteiger partial charge in [-0.3, -0.25) is 9.59 Å². The second-order valence-electron chi connectivity index (χ2n) is 6.07. The van der Waals surface area contributed by atoms with E-state index >= 15 is 0 Å². The Kier molecular flexibility index (Phi) is 6.49. The van der Waals surface area contributed by atoms with Crippen LogP contribution in [-0.2, 0) is 14.3 Å². The fraction of sp³-hybridized carbons (Fsp3) is 0.733. The first-order valence-electron chi connectivity index (χ1n) is 8.43. The van der Waals surface area contributed by atoms with E-state index in [2.05, 4.69) is 20.4 Å². The second-order valence-corrected chi connectivity index (χ2v) is 8.25. The predicted molar refractivity (Wildman–Crippen MR) is 97.0 cm³/mol. The zero-order chi connectivity index (χ0) is 17.6. The number of methoxy groups -OCH3 is 1. The van der Waals surface area contributed by atoms with Crippen LogP contribution in [0.25, 0.3) is 0 Å². The van der Waals surface area contributed by atoms with Gasteiger partial charge >= 0.3 is 0 Å². The van der Waals surface area contributed by atoms with Gasteiger partial charge in [-0.1, -0.05) is 23.1 Å². The molecule has 1 aromatic heterocycles. The van der Waals surface area contributed by atoms with Gasteiger partial charge in [-0.15, -0.1) is 10.2 Å². The second kappa shape index (κ2) is 8.81. The lowest BCUT2D eigenvalue weighted by molar-refractivity contribution is -0.132. The number of carbonyl (C=O) groups excluding carboxylic acids is 2. The Morgan fingerprint density at radius 1 is 1.28 bits per heavy atom. The Labute approximate surface area is 155 Å². The van der Waals surface area contributed by atoms with Crippen molar-refractivity contribution in [3.05, 3.63) is 0 Å². The molecule has 1 aromatic rings. The molecule has 2 heterocycles. The molecule has 0 radical (unpaired) electrons. The Morgan fingerprint density at radius 2 is 2.04 bits per heavy atom. The fourth-order valence-corrected chi connectivity index (χ4v) is 4.29. The minimum absolute atomic E-state index is 0.0361. The molecule has 138 valence electrons. The van der Waals surface area contributed by atoms with Gasteiger partial charge < -0.3 is 19.9 Å². The average molecular weight is 386 g/mol. The molecule has 8 nitrogen and oxygen atoms in total. The summed E-state index contributed by atoms with van der Waals surface area (Å²) in [6.45, 7) is 4.10. The molecule has 2 aliphatic rings. The number of thioether (sulfide) groups is 1. The smallest absolute Gasteiger partial charge is 0.230 e. The number of anilines is 1. The largest absolute Gasteiger partial charge is 0.383 e. The van der Waals surface area contributed by atoms with Crippen LogP contribution in [0.2, 0.25) is 0 Å². The zero-order valence-corrected chi connectivity index (χ0v) is 15.9. The van der Waals surface area contributed by atoms with Crippen LogP contribution in [0.3, 0.4) is 0 Å². The van der Waals surface area contributed by atoms with Crippen LogP contribution in [0.15, 0.2) is 4.34 Å². The molecule has 1 aliphatic carbocycles. The van der Waals surface area contributed by atoms with Crippen LogP contribution in [0.1, 0.15) is 12.8 Å². The lowest BCUT2D eigenvalue weighted by atomic mass is 10.3. The van der Waals surface area contributed by atoms with Crippen molar-refractivity contribution in [3.63, 3.8) is 0 Å². The standard InChI is InChI=1S/C15H23N5O3S2/c1-23-9-4-16-12(21)10-24-15-18-17-14(25-15)20-7-5-19(6-8-20)13(22)11-2-3-11/h11H,2-10H2,1H3,(H,16,21). The molecule has 0 spiro atoms. The van der Waals surface area contributed by atoms with E-state index in [1.54, 1.807) is 7.11 Å². The van der Waals surface area contributed by atoms with Crippen LogP contribution in [0, 0.1) is 5.92 Å². The first kappa shape index (κ1) is 18.4. The Morgan fingerprint density at radius 3 is 2.72 bits per heavy atom. The minimum Gasteiger partial charge on any atom is -0.383 e. The quantitative estimate of drug-likeness (QED) is 0.513.